The molecule has 0 amide bonds. The van der Waals surface area contributed by atoms with Crippen LogP contribution in [0.25, 0.3) is 0 Å². The molecule has 0 saturated heterocycles. The van der Waals surface area contributed by atoms with E-state index in [-0.39, 0.29) is 17.8 Å². The van der Waals surface area contributed by atoms with Crippen LogP contribution >= 0.6 is 11.6 Å². The highest BCUT2D eigenvalue weighted by molar-refractivity contribution is 6.30. The lowest BCUT2D eigenvalue weighted by molar-refractivity contribution is 0.265. The standard InChI is InChI=1S/C18H23ClFN5/c1-11(20)16-23-17(21)25-18(24-16)22-15(13-3-2-4-13)10-7-12-5-8-14(19)9-6-12/h5-6,8-9,11,13,15H,2-4,7,10H2,1H3,(H3,21,22,23,24,25)/t11-,15+/m1/s1. The second kappa shape index (κ2) is 7.95. The van der Waals surface area contributed by atoms with Gasteiger partial charge < -0.3 is 11.1 Å². The molecule has 0 aliphatic heterocycles. The van der Waals surface area contributed by atoms with Crippen LogP contribution < -0.4 is 11.1 Å². The van der Waals surface area contributed by atoms with Crippen molar-refractivity contribution in [1.29, 1.82) is 0 Å². The molecule has 1 fully saturated rings. The molecule has 134 valence electrons. The normalized spacial score (nSPS) is 16.9. The lowest BCUT2D eigenvalue weighted by atomic mass is 9.78. The average molecular weight is 364 g/mol. The van der Waals surface area contributed by atoms with Gasteiger partial charge in [0.05, 0.1) is 0 Å². The highest BCUT2D eigenvalue weighted by atomic mass is 35.5. The van der Waals surface area contributed by atoms with Crippen LogP contribution in [0.3, 0.4) is 0 Å². The summed E-state index contributed by atoms with van der Waals surface area (Å²) in [6.45, 7) is 1.39. The fourth-order valence-corrected chi connectivity index (χ4v) is 3.18. The van der Waals surface area contributed by atoms with E-state index in [1.54, 1.807) is 0 Å². The zero-order chi connectivity index (χ0) is 17.8. The molecule has 0 unspecified atom stereocenters. The van der Waals surface area contributed by atoms with E-state index < -0.39 is 6.17 Å². The number of nitrogens with two attached hydrogens (primary N) is 1. The lowest BCUT2D eigenvalue weighted by Gasteiger charge is -2.34. The third-order valence-electron chi connectivity index (χ3n) is 4.72. The van der Waals surface area contributed by atoms with Gasteiger partial charge in [0.1, 0.15) is 0 Å². The second-order valence-corrected chi connectivity index (χ2v) is 7.03. The van der Waals surface area contributed by atoms with E-state index in [0.29, 0.717) is 11.9 Å². The van der Waals surface area contributed by atoms with Gasteiger partial charge in [-0.3, -0.25) is 0 Å². The van der Waals surface area contributed by atoms with Crippen molar-refractivity contribution < 1.29 is 4.39 Å². The maximum Gasteiger partial charge on any atom is 0.228 e. The molecule has 1 aliphatic carbocycles. The minimum atomic E-state index is -1.28. The number of halogens is 2. The number of nitrogens with zero attached hydrogens (tertiary/aromatic N) is 3. The number of nitrogens with one attached hydrogen (secondary N) is 1. The van der Waals surface area contributed by atoms with Crippen molar-refractivity contribution in [3.05, 3.63) is 40.7 Å². The van der Waals surface area contributed by atoms with Gasteiger partial charge in [0.2, 0.25) is 11.9 Å². The number of benzene rings is 1. The molecule has 0 radical (unpaired) electrons. The number of nitrogen functional groups attached to an aromatic ring is 1. The largest absolute Gasteiger partial charge is 0.368 e. The molecule has 3 rings (SSSR count). The smallest absolute Gasteiger partial charge is 0.228 e. The van der Waals surface area contributed by atoms with Crippen molar-refractivity contribution in [3.8, 4) is 0 Å². The number of hydrogen-bond donors (Lipinski definition) is 2. The van der Waals surface area contributed by atoms with E-state index in [4.69, 9.17) is 17.3 Å². The zero-order valence-electron chi connectivity index (χ0n) is 14.3. The fourth-order valence-electron chi connectivity index (χ4n) is 3.06. The van der Waals surface area contributed by atoms with Crippen LogP contribution in [0.4, 0.5) is 16.3 Å². The molecular formula is C18H23ClFN5. The Morgan fingerprint density at radius 1 is 1.24 bits per heavy atom. The Kier molecular flexibility index (Phi) is 5.68. The quantitative estimate of drug-likeness (QED) is 0.764. The van der Waals surface area contributed by atoms with Gasteiger partial charge >= 0.3 is 0 Å². The first-order valence-electron chi connectivity index (χ1n) is 8.68. The molecule has 7 heteroatoms. The van der Waals surface area contributed by atoms with Gasteiger partial charge in [-0.05, 0) is 56.2 Å². The van der Waals surface area contributed by atoms with Gasteiger partial charge in [0.15, 0.2) is 12.0 Å². The van der Waals surface area contributed by atoms with Crippen LogP contribution in [0.15, 0.2) is 24.3 Å². The monoisotopic (exact) mass is 363 g/mol. The summed E-state index contributed by atoms with van der Waals surface area (Å²) in [5, 5.41) is 4.11. The molecule has 1 aromatic carbocycles. The number of alkyl halides is 1. The second-order valence-electron chi connectivity index (χ2n) is 6.60. The van der Waals surface area contributed by atoms with Crippen LogP contribution in [0.5, 0.6) is 0 Å². The highest BCUT2D eigenvalue weighted by Gasteiger charge is 2.28. The third-order valence-corrected chi connectivity index (χ3v) is 4.97. The summed E-state index contributed by atoms with van der Waals surface area (Å²) < 4.78 is 13.5. The Bertz CT molecular complexity index is 703. The van der Waals surface area contributed by atoms with E-state index in [2.05, 4.69) is 20.3 Å². The van der Waals surface area contributed by atoms with Gasteiger partial charge in [0.25, 0.3) is 0 Å². The molecule has 2 atom stereocenters. The lowest BCUT2D eigenvalue weighted by Crippen LogP contribution is -2.35. The molecule has 2 aromatic rings. The molecule has 25 heavy (non-hydrogen) atoms. The van der Waals surface area contributed by atoms with Crippen molar-refractivity contribution in [2.45, 2.75) is 51.2 Å². The van der Waals surface area contributed by atoms with Gasteiger partial charge in [-0.15, -0.1) is 0 Å². The Hall–Kier alpha value is -1.95. The van der Waals surface area contributed by atoms with Crippen molar-refractivity contribution in [2.75, 3.05) is 11.1 Å². The predicted octanol–water partition coefficient (Wildman–Crippen LogP) is 4.35. The van der Waals surface area contributed by atoms with E-state index in [1.807, 2.05) is 24.3 Å². The molecule has 3 N–H and O–H groups in total. The van der Waals surface area contributed by atoms with Gasteiger partial charge in [-0.1, -0.05) is 30.2 Å². The van der Waals surface area contributed by atoms with Gasteiger partial charge in [-0.25, -0.2) is 4.39 Å². The van der Waals surface area contributed by atoms with Crippen molar-refractivity contribution in [1.82, 2.24) is 15.0 Å². The third kappa shape index (κ3) is 4.78. The van der Waals surface area contributed by atoms with E-state index in [0.717, 1.165) is 17.9 Å². The minimum absolute atomic E-state index is 0.0436. The molecule has 1 aromatic heterocycles. The Morgan fingerprint density at radius 2 is 1.96 bits per heavy atom. The van der Waals surface area contributed by atoms with Crippen molar-refractivity contribution in [3.63, 3.8) is 0 Å². The Labute approximate surface area is 152 Å². The summed E-state index contributed by atoms with van der Waals surface area (Å²) >= 11 is 5.94. The van der Waals surface area contributed by atoms with Crippen LogP contribution in [0.1, 0.15) is 50.2 Å². The van der Waals surface area contributed by atoms with Gasteiger partial charge in [0, 0.05) is 11.1 Å². The summed E-state index contributed by atoms with van der Waals surface area (Å²) in [6, 6.07) is 8.14. The Morgan fingerprint density at radius 3 is 2.56 bits per heavy atom. The topological polar surface area (TPSA) is 76.7 Å². The summed E-state index contributed by atoms with van der Waals surface area (Å²) in [4.78, 5) is 12.1. The van der Waals surface area contributed by atoms with E-state index in [1.165, 1.54) is 31.7 Å². The minimum Gasteiger partial charge on any atom is -0.368 e. The maximum absolute atomic E-state index is 13.5. The van der Waals surface area contributed by atoms with Crippen LogP contribution in [-0.4, -0.2) is 21.0 Å². The summed E-state index contributed by atoms with van der Waals surface area (Å²) in [6.07, 6.45) is 4.21. The molecule has 1 heterocycles. The first-order chi connectivity index (χ1) is 12.0. The van der Waals surface area contributed by atoms with Crippen molar-refractivity contribution >= 4 is 23.5 Å². The number of aromatic nitrogens is 3. The molecule has 1 aliphatic rings. The number of hydrogen-bond acceptors (Lipinski definition) is 5. The zero-order valence-corrected chi connectivity index (χ0v) is 15.0. The number of anilines is 2. The number of rotatable bonds is 7. The Balaban J connectivity index is 1.69. The average Bonchev–Trinajstić information content (AvgIpc) is 2.52. The SMILES string of the molecule is C[C@@H](F)c1nc(N)nc(N[C@@H](CCc2ccc(Cl)cc2)C2CCC2)n1. The molecular weight excluding hydrogens is 341 g/mol. The molecule has 0 bridgehead atoms. The van der Waals surface area contributed by atoms with E-state index >= 15 is 0 Å². The first-order valence-corrected chi connectivity index (χ1v) is 9.05. The fraction of sp³-hybridized carbons (Fsp3) is 0.500. The maximum atomic E-state index is 13.5. The van der Waals surface area contributed by atoms with E-state index in [9.17, 15) is 4.39 Å². The van der Waals surface area contributed by atoms with Crippen molar-refractivity contribution in [2.24, 2.45) is 5.92 Å². The van der Waals surface area contributed by atoms with Gasteiger partial charge in [-0.2, -0.15) is 15.0 Å². The summed E-state index contributed by atoms with van der Waals surface area (Å²) in [5.74, 6) is 1.05. The highest BCUT2D eigenvalue weighted by Crippen LogP contribution is 2.33. The van der Waals surface area contributed by atoms with Crippen LogP contribution in [0.2, 0.25) is 5.02 Å². The summed E-state index contributed by atoms with van der Waals surface area (Å²) in [7, 11) is 0. The number of aryl methyl sites for hydroxylation is 1. The summed E-state index contributed by atoms with van der Waals surface area (Å²) in [5.41, 5.74) is 6.93. The first kappa shape index (κ1) is 17.9. The van der Waals surface area contributed by atoms with Crippen LogP contribution in [0, 0.1) is 5.92 Å². The predicted molar refractivity (Wildman–Crippen MR) is 98.3 cm³/mol. The molecule has 5 nitrogen and oxygen atoms in total. The van der Waals surface area contributed by atoms with Crippen LogP contribution in [-0.2, 0) is 6.42 Å². The molecule has 1 saturated carbocycles. The molecule has 0 spiro atoms.